The van der Waals surface area contributed by atoms with Crippen LogP contribution < -0.4 is 0 Å². The lowest BCUT2D eigenvalue weighted by atomic mass is 10.0. The summed E-state index contributed by atoms with van der Waals surface area (Å²) < 4.78 is 0. The minimum absolute atomic E-state index is 0.592. The van der Waals surface area contributed by atoms with E-state index in [1.54, 1.807) is 13.8 Å². The summed E-state index contributed by atoms with van der Waals surface area (Å²) in [5.41, 5.74) is 1.35. The van der Waals surface area contributed by atoms with Gasteiger partial charge in [0, 0.05) is 5.71 Å². The number of aliphatic imine (C=N–C) groups is 1. The van der Waals surface area contributed by atoms with Crippen molar-refractivity contribution in [2.24, 2.45) is 10.9 Å². The Labute approximate surface area is 69.6 Å². The summed E-state index contributed by atoms with van der Waals surface area (Å²) in [5, 5.41) is 8.58. The van der Waals surface area contributed by atoms with Crippen LogP contribution in [0, 0.1) is 5.92 Å². The number of allylic oxidation sites excluding steroid dienone is 1. The Hall–Kier alpha value is -1.45. The normalized spacial score (nSPS) is 23.2. The molecule has 4 nitrogen and oxygen atoms in total. The number of rotatable bonds is 1. The molecule has 0 aromatic carbocycles. The maximum absolute atomic E-state index is 11.0. The van der Waals surface area contributed by atoms with E-state index in [2.05, 4.69) is 4.99 Å². The third-order valence-corrected chi connectivity index (χ3v) is 1.80. The van der Waals surface area contributed by atoms with E-state index in [0.29, 0.717) is 5.71 Å². The molecule has 1 atom stereocenters. The monoisotopic (exact) mass is 167 g/mol. The predicted octanol–water partition coefficient (Wildman–Crippen LogP) is 0.635. The number of nitrogens with zero attached hydrogens (tertiary/aromatic N) is 1. The van der Waals surface area contributed by atoms with Crippen LogP contribution in [0.2, 0.25) is 0 Å². The van der Waals surface area contributed by atoms with Gasteiger partial charge in [-0.2, -0.15) is 0 Å². The molecule has 1 N–H and O–H groups in total. The fraction of sp³-hybridized carbons (Fsp3) is 0.375. The largest absolute Gasteiger partial charge is 0.480 e. The lowest BCUT2D eigenvalue weighted by Gasteiger charge is -2.11. The molecule has 0 fully saturated rings. The first-order chi connectivity index (χ1) is 5.52. The van der Waals surface area contributed by atoms with Crippen molar-refractivity contribution in [2.45, 2.75) is 13.8 Å². The summed E-state index contributed by atoms with van der Waals surface area (Å²) in [6.07, 6.45) is 1.42. The number of carbonyl (C=O) groups is 2. The van der Waals surface area contributed by atoms with Crippen LogP contribution in [-0.2, 0) is 9.59 Å². The molecule has 0 spiro atoms. The van der Waals surface area contributed by atoms with Gasteiger partial charge in [-0.05, 0) is 19.4 Å². The van der Waals surface area contributed by atoms with Gasteiger partial charge in [-0.15, -0.1) is 0 Å². The highest BCUT2D eigenvalue weighted by atomic mass is 16.4. The summed E-state index contributed by atoms with van der Waals surface area (Å²) in [4.78, 5) is 25.1. The minimum Gasteiger partial charge on any atom is -0.480 e. The number of aliphatic carboxylic acids is 1. The second kappa shape index (κ2) is 2.89. The van der Waals surface area contributed by atoms with Gasteiger partial charge in [-0.1, -0.05) is 6.08 Å². The van der Waals surface area contributed by atoms with Gasteiger partial charge < -0.3 is 5.11 Å². The van der Waals surface area contributed by atoms with Crippen LogP contribution in [0.1, 0.15) is 13.8 Å². The molecule has 1 aliphatic rings. The van der Waals surface area contributed by atoms with Crippen LogP contribution in [0.3, 0.4) is 0 Å². The number of dihydropyridines is 1. The first-order valence-electron chi connectivity index (χ1n) is 3.53. The Balaban J connectivity index is 2.99. The second-order valence-electron chi connectivity index (χ2n) is 2.70. The zero-order chi connectivity index (χ0) is 9.30. The standard InChI is InChI=1S/C8H9NO3/c1-4-3-6(8(11)12)7(10)9-5(4)2/h3,6H,1-2H3,(H,11,12). The van der Waals surface area contributed by atoms with Gasteiger partial charge >= 0.3 is 5.97 Å². The highest BCUT2D eigenvalue weighted by Gasteiger charge is 2.26. The van der Waals surface area contributed by atoms with Crippen molar-refractivity contribution < 1.29 is 14.7 Å². The number of hydrogen-bond acceptors (Lipinski definition) is 2. The number of carboxylic acids is 1. The lowest BCUT2D eigenvalue weighted by molar-refractivity contribution is -0.143. The Morgan fingerprint density at radius 2 is 2.17 bits per heavy atom. The van der Waals surface area contributed by atoms with Gasteiger partial charge in [0.1, 0.15) is 0 Å². The predicted molar refractivity (Wildman–Crippen MR) is 43.0 cm³/mol. The summed E-state index contributed by atoms with van der Waals surface area (Å²) in [5.74, 6) is -2.82. The van der Waals surface area contributed by atoms with Crippen LogP contribution in [0.4, 0.5) is 0 Å². The molecular weight excluding hydrogens is 158 g/mol. The molecule has 0 aromatic rings. The Morgan fingerprint density at radius 1 is 1.58 bits per heavy atom. The highest BCUT2D eigenvalue weighted by molar-refractivity contribution is 6.13. The first kappa shape index (κ1) is 8.64. The van der Waals surface area contributed by atoms with Gasteiger partial charge in [-0.3, -0.25) is 9.59 Å². The fourth-order valence-corrected chi connectivity index (χ4v) is 0.942. The quantitative estimate of drug-likeness (QED) is 0.582. The maximum Gasteiger partial charge on any atom is 0.320 e. The third kappa shape index (κ3) is 1.42. The van der Waals surface area contributed by atoms with E-state index in [1.165, 1.54) is 6.08 Å². The van der Waals surface area contributed by atoms with E-state index >= 15 is 0 Å². The SMILES string of the molecule is CC1=CC(C(=O)O)C(=O)N=C1C. The maximum atomic E-state index is 11.0. The summed E-state index contributed by atoms with van der Waals surface area (Å²) in [7, 11) is 0. The molecule has 0 aliphatic carbocycles. The van der Waals surface area contributed by atoms with Gasteiger partial charge in [0.25, 0.3) is 5.91 Å². The summed E-state index contributed by atoms with van der Waals surface area (Å²) >= 11 is 0. The number of carbonyl (C=O) groups excluding carboxylic acids is 1. The van der Waals surface area contributed by atoms with E-state index in [4.69, 9.17) is 5.11 Å². The van der Waals surface area contributed by atoms with E-state index in [0.717, 1.165) is 5.57 Å². The van der Waals surface area contributed by atoms with Gasteiger partial charge in [0.15, 0.2) is 5.92 Å². The van der Waals surface area contributed by atoms with Crippen molar-refractivity contribution in [1.29, 1.82) is 0 Å². The molecule has 1 amide bonds. The summed E-state index contributed by atoms with van der Waals surface area (Å²) in [6.45, 7) is 3.42. The molecule has 0 radical (unpaired) electrons. The van der Waals surface area contributed by atoms with Gasteiger partial charge in [-0.25, -0.2) is 4.99 Å². The molecule has 0 saturated carbocycles. The van der Waals surface area contributed by atoms with Crippen molar-refractivity contribution in [3.63, 3.8) is 0 Å². The fourth-order valence-electron chi connectivity index (χ4n) is 0.942. The van der Waals surface area contributed by atoms with E-state index in [9.17, 15) is 9.59 Å². The van der Waals surface area contributed by atoms with Crippen LogP contribution in [0.5, 0.6) is 0 Å². The lowest BCUT2D eigenvalue weighted by Crippen LogP contribution is -2.25. The van der Waals surface area contributed by atoms with Crippen LogP contribution >= 0.6 is 0 Å². The molecule has 1 unspecified atom stereocenters. The van der Waals surface area contributed by atoms with Crippen molar-refractivity contribution in [3.8, 4) is 0 Å². The Kier molecular flexibility index (Phi) is 2.08. The molecule has 64 valence electrons. The molecule has 0 aromatic heterocycles. The Morgan fingerprint density at radius 3 is 2.67 bits per heavy atom. The zero-order valence-electron chi connectivity index (χ0n) is 6.87. The van der Waals surface area contributed by atoms with Crippen LogP contribution in [-0.4, -0.2) is 22.7 Å². The molecule has 1 heterocycles. The van der Waals surface area contributed by atoms with Crippen molar-refractivity contribution in [3.05, 3.63) is 11.6 Å². The molecular formula is C8H9NO3. The van der Waals surface area contributed by atoms with Crippen molar-refractivity contribution in [1.82, 2.24) is 0 Å². The van der Waals surface area contributed by atoms with Crippen molar-refractivity contribution in [2.75, 3.05) is 0 Å². The average Bonchev–Trinajstić information content (AvgIpc) is 1.96. The number of amides is 1. The second-order valence-corrected chi connectivity index (χ2v) is 2.70. The highest BCUT2D eigenvalue weighted by Crippen LogP contribution is 2.13. The topological polar surface area (TPSA) is 66.7 Å². The molecule has 1 rings (SSSR count). The van der Waals surface area contributed by atoms with E-state index < -0.39 is 17.8 Å². The Bertz CT molecular complexity index is 301. The molecule has 0 bridgehead atoms. The van der Waals surface area contributed by atoms with Crippen LogP contribution in [0.25, 0.3) is 0 Å². The smallest absolute Gasteiger partial charge is 0.320 e. The van der Waals surface area contributed by atoms with E-state index in [1.807, 2.05) is 0 Å². The zero-order valence-corrected chi connectivity index (χ0v) is 6.87. The van der Waals surface area contributed by atoms with Gasteiger partial charge in [0.2, 0.25) is 0 Å². The molecule has 1 aliphatic heterocycles. The molecule has 4 heteroatoms. The van der Waals surface area contributed by atoms with Crippen LogP contribution in [0.15, 0.2) is 16.6 Å². The molecule has 12 heavy (non-hydrogen) atoms. The third-order valence-electron chi connectivity index (χ3n) is 1.80. The minimum atomic E-state index is -1.14. The first-order valence-corrected chi connectivity index (χ1v) is 3.53. The van der Waals surface area contributed by atoms with Crippen molar-refractivity contribution >= 4 is 17.6 Å². The number of hydrogen-bond donors (Lipinski definition) is 1. The average molecular weight is 167 g/mol. The molecule has 0 saturated heterocycles. The van der Waals surface area contributed by atoms with E-state index in [-0.39, 0.29) is 0 Å². The van der Waals surface area contributed by atoms with Gasteiger partial charge in [0.05, 0.1) is 0 Å². The number of carboxylic acid groups (broad SMARTS) is 1. The summed E-state index contributed by atoms with van der Waals surface area (Å²) in [6, 6.07) is 0.